The van der Waals surface area contributed by atoms with Crippen LogP contribution in [-0.2, 0) is 14.3 Å². The Balaban J connectivity index is 0.00000120. The highest BCUT2D eigenvalue weighted by molar-refractivity contribution is 5.77. The van der Waals surface area contributed by atoms with Gasteiger partial charge in [0.25, 0.3) is 0 Å². The van der Waals surface area contributed by atoms with Gasteiger partial charge in [0.05, 0.1) is 17.6 Å². The molecule has 3 fully saturated rings. The standard InChI is InChI=1S/C14H22O3.H2O/c1-14(8-7-11-12(9-14)17-11)13(15)16-10-5-3-2-4-6-10;/h10-12H,2-9H2,1H3;1H2. The van der Waals surface area contributed by atoms with Gasteiger partial charge in [-0.3, -0.25) is 4.79 Å². The number of esters is 1. The van der Waals surface area contributed by atoms with Gasteiger partial charge in [-0.25, -0.2) is 0 Å². The third-order valence-corrected chi connectivity index (χ3v) is 4.64. The fourth-order valence-electron chi connectivity index (χ4n) is 3.28. The fraction of sp³-hybridized carbons (Fsp3) is 0.929. The summed E-state index contributed by atoms with van der Waals surface area (Å²) in [5.74, 6) is 0.0263. The van der Waals surface area contributed by atoms with E-state index in [-0.39, 0.29) is 23.0 Å². The quantitative estimate of drug-likeness (QED) is 0.560. The molecule has 3 unspecified atom stereocenters. The summed E-state index contributed by atoms with van der Waals surface area (Å²) < 4.78 is 11.2. The van der Waals surface area contributed by atoms with Crippen molar-refractivity contribution in [2.45, 2.75) is 76.6 Å². The van der Waals surface area contributed by atoms with Crippen LogP contribution in [0.2, 0.25) is 0 Å². The number of ether oxygens (including phenoxy) is 2. The van der Waals surface area contributed by atoms with E-state index in [0.717, 1.165) is 32.1 Å². The Morgan fingerprint density at radius 3 is 2.56 bits per heavy atom. The van der Waals surface area contributed by atoms with Crippen molar-refractivity contribution in [3.8, 4) is 0 Å². The lowest BCUT2D eigenvalue weighted by Gasteiger charge is -2.32. The summed E-state index contributed by atoms with van der Waals surface area (Å²) in [5.41, 5.74) is -0.283. The summed E-state index contributed by atoms with van der Waals surface area (Å²) in [6, 6.07) is 0. The molecule has 0 aromatic rings. The van der Waals surface area contributed by atoms with Crippen molar-refractivity contribution >= 4 is 5.97 Å². The van der Waals surface area contributed by atoms with E-state index in [4.69, 9.17) is 9.47 Å². The Morgan fingerprint density at radius 2 is 1.89 bits per heavy atom. The van der Waals surface area contributed by atoms with Crippen molar-refractivity contribution in [2.75, 3.05) is 0 Å². The van der Waals surface area contributed by atoms with Gasteiger partial charge in [0.1, 0.15) is 6.10 Å². The Labute approximate surface area is 108 Å². The molecule has 1 saturated heterocycles. The first kappa shape index (κ1) is 13.8. The highest BCUT2D eigenvalue weighted by Gasteiger charge is 2.52. The second-order valence-electron chi connectivity index (χ2n) is 6.18. The molecule has 3 rings (SSSR count). The van der Waals surface area contributed by atoms with Crippen LogP contribution in [0.1, 0.15) is 58.3 Å². The SMILES string of the molecule is CC1(C(=O)OC2CCCCC2)CCC2OC2C1.O. The Bertz CT molecular complexity index is 311. The van der Waals surface area contributed by atoms with Crippen LogP contribution in [0.3, 0.4) is 0 Å². The van der Waals surface area contributed by atoms with Crippen molar-refractivity contribution < 1.29 is 19.7 Å². The van der Waals surface area contributed by atoms with Crippen molar-refractivity contribution in [1.29, 1.82) is 0 Å². The molecule has 0 radical (unpaired) electrons. The zero-order valence-corrected chi connectivity index (χ0v) is 11.1. The van der Waals surface area contributed by atoms with Gasteiger partial charge >= 0.3 is 5.97 Å². The first-order chi connectivity index (χ1) is 8.17. The van der Waals surface area contributed by atoms with E-state index in [1.54, 1.807) is 0 Å². The van der Waals surface area contributed by atoms with Crippen LogP contribution < -0.4 is 0 Å². The highest BCUT2D eigenvalue weighted by Crippen LogP contribution is 2.47. The lowest BCUT2D eigenvalue weighted by molar-refractivity contribution is -0.163. The molecule has 104 valence electrons. The number of carbonyl (C=O) groups is 1. The van der Waals surface area contributed by atoms with Crippen LogP contribution in [0.4, 0.5) is 0 Å². The minimum absolute atomic E-state index is 0. The second-order valence-corrected chi connectivity index (χ2v) is 6.18. The molecule has 18 heavy (non-hydrogen) atoms. The molecule has 0 bridgehead atoms. The lowest BCUT2D eigenvalue weighted by atomic mass is 9.76. The van der Waals surface area contributed by atoms with Gasteiger partial charge in [-0.2, -0.15) is 0 Å². The molecule has 0 aromatic carbocycles. The summed E-state index contributed by atoms with van der Waals surface area (Å²) in [7, 11) is 0. The average molecular weight is 256 g/mol. The Kier molecular flexibility index (Phi) is 3.97. The summed E-state index contributed by atoms with van der Waals surface area (Å²) in [6.45, 7) is 2.05. The van der Waals surface area contributed by atoms with E-state index < -0.39 is 0 Å². The summed E-state index contributed by atoms with van der Waals surface area (Å²) >= 11 is 0. The molecule has 2 saturated carbocycles. The van der Waals surface area contributed by atoms with E-state index in [1.807, 2.05) is 0 Å². The normalized spacial score (nSPS) is 39.4. The molecule has 3 aliphatic rings. The van der Waals surface area contributed by atoms with Crippen LogP contribution in [0.5, 0.6) is 0 Å². The van der Waals surface area contributed by atoms with Crippen LogP contribution >= 0.6 is 0 Å². The average Bonchev–Trinajstić information content (AvgIpc) is 3.08. The van der Waals surface area contributed by atoms with E-state index in [2.05, 4.69) is 6.92 Å². The molecule has 2 N–H and O–H groups in total. The van der Waals surface area contributed by atoms with Gasteiger partial charge in [-0.05, 0) is 51.9 Å². The van der Waals surface area contributed by atoms with Gasteiger partial charge in [0, 0.05) is 0 Å². The number of hydrogen-bond donors (Lipinski definition) is 0. The fourth-order valence-corrected chi connectivity index (χ4v) is 3.28. The Morgan fingerprint density at radius 1 is 1.17 bits per heavy atom. The molecule has 0 spiro atoms. The van der Waals surface area contributed by atoms with E-state index in [9.17, 15) is 4.79 Å². The van der Waals surface area contributed by atoms with Gasteiger partial charge in [0.15, 0.2) is 0 Å². The minimum atomic E-state index is -0.283. The number of epoxide rings is 1. The first-order valence-corrected chi connectivity index (χ1v) is 7.04. The summed E-state index contributed by atoms with van der Waals surface area (Å²) in [5, 5.41) is 0. The van der Waals surface area contributed by atoms with Crippen LogP contribution in [0.25, 0.3) is 0 Å². The minimum Gasteiger partial charge on any atom is -0.462 e. The smallest absolute Gasteiger partial charge is 0.312 e. The summed E-state index contributed by atoms with van der Waals surface area (Å²) in [4.78, 5) is 12.3. The zero-order valence-electron chi connectivity index (χ0n) is 11.1. The van der Waals surface area contributed by atoms with Gasteiger partial charge in [0.2, 0.25) is 0 Å². The van der Waals surface area contributed by atoms with Crippen LogP contribution in [0, 0.1) is 5.41 Å². The number of rotatable bonds is 2. The largest absolute Gasteiger partial charge is 0.462 e. The van der Waals surface area contributed by atoms with Crippen molar-refractivity contribution in [3.63, 3.8) is 0 Å². The molecular weight excluding hydrogens is 232 g/mol. The van der Waals surface area contributed by atoms with E-state index in [0.29, 0.717) is 12.2 Å². The highest BCUT2D eigenvalue weighted by atomic mass is 16.6. The lowest BCUT2D eigenvalue weighted by Crippen LogP contribution is -2.37. The molecule has 3 atom stereocenters. The molecule has 2 aliphatic carbocycles. The van der Waals surface area contributed by atoms with Crippen LogP contribution in [-0.4, -0.2) is 29.8 Å². The molecule has 1 aliphatic heterocycles. The van der Waals surface area contributed by atoms with Crippen molar-refractivity contribution in [3.05, 3.63) is 0 Å². The number of hydrogen-bond acceptors (Lipinski definition) is 3. The zero-order chi connectivity index (χ0) is 11.9. The third kappa shape index (κ3) is 2.69. The Hall–Kier alpha value is -0.610. The van der Waals surface area contributed by atoms with Crippen molar-refractivity contribution in [2.24, 2.45) is 5.41 Å². The molecule has 4 heteroatoms. The van der Waals surface area contributed by atoms with Crippen LogP contribution in [0.15, 0.2) is 0 Å². The first-order valence-electron chi connectivity index (χ1n) is 7.04. The van der Waals surface area contributed by atoms with Gasteiger partial charge < -0.3 is 14.9 Å². The number of fused-ring (bicyclic) bond motifs is 1. The van der Waals surface area contributed by atoms with E-state index in [1.165, 1.54) is 19.3 Å². The third-order valence-electron chi connectivity index (χ3n) is 4.64. The van der Waals surface area contributed by atoms with Crippen molar-refractivity contribution in [1.82, 2.24) is 0 Å². The maximum absolute atomic E-state index is 12.3. The maximum Gasteiger partial charge on any atom is 0.312 e. The predicted molar refractivity (Wildman–Crippen MR) is 67.2 cm³/mol. The monoisotopic (exact) mass is 256 g/mol. The predicted octanol–water partition coefficient (Wildman–Crippen LogP) is 2.00. The molecular formula is C14H24O4. The molecule has 1 heterocycles. The van der Waals surface area contributed by atoms with Gasteiger partial charge in [-0.15, -0.1) is 0 Å². The van der Waals surface area contributed by atoms with Gasteiger partial charge in [-0.1, -0.05) is 6.42 Å². The van der Waals surface area contributed by atoms with E-state index >= 15 is 0 Å². The topological polar surface area (TPSA) is 70.3 Å². The molecule has 0 amide bonds. The second kappa shape index (κ2) is 5.17. The number of carbonyl (C=O) groups excluding carboxylic acids is 1. The molecule has 4 nitrogen and oxygen atoms in total. The maximum atomic E-state index is 12.3. The molecule has 0 aromatic heterocycles. The summed E-state index contributed by atoms with van der Waals surface area (Å²) in [6.07, 6.45) is 9.64.